The first-order chi connectivity index (χ1) is 38.1. The van der Waals surface area contributed by atoms with E-state index in [0.717, 1.165) is 96.0 Å². The van der Waals surface area contributed by atoms with Gasteiger partial charge in [0.1, 0.15) is 12.1 Å². The van der Waals surface area contributed by atoms with Crippen molar-refractivity contribution in [3.63, 3.8) is 0 Å². The second-order valence-electron chi connectivity index (χ2n) is 21.7. The Balaban J connectivity index is 1.73. The Hall–Kier alpha value is -5.70. The zero-order valence-corrected chi connectivity index (χ0v) is 50.9. The molecule has 24 nitrogen and oxygen atoms in total. The first-order valence-electron chi connectivity index (χ1n) is 28.0. The molecule has 8 amide bonds. The minimum atomic E-state index is -1.31. The van der Waals surface area contributed by atoms with Crippen molar-refractivity contribution in [3.8, 4) is 0 Å². The van der Waals surface area contributed by atoms with Crippen molar-refractivity contribution in [1.82, 2.24) is 46.8 Å². The lowest BCUT2D eigenvalue weighted by atomic mass is 9.79. The largest absolute Gasteiger partial charge is 0.478 e. The number of rotatable bonds is 23. The molecule has 1 aliphatic heterocycles. The average molecular weight is 1180 g/mol. The van der Waals surface area contributed by atoms with Gasteiger partial charge in [0.2, 0.25) is 35.4 Å². The summed E-state index contributed by atoms with van der Waals surface area (Å²) in [6.45, 7) is 15.1. The van der Waals surface area contributed by atoms with Crippen LogP contribution >= 0.6 is 23.5 Å². The number of thioether (sulfide) groups is 2. The number of aliphatic carboxylic acids is 2. The van der Waals surface area contributed by atoms with Gasteiger partial charge in [-0.2, -0.15) is 0 Å². The number of nitrogens with zero attached hydrogens (tertiary/aromatic N) is 3. The number of primary amides is 1. The number of ether oxygens (including phenoxy) is 2. The third-order valence-electron chi connectivity index (χ3n) is 15.3. The molecule has 0 saturated heterocycles. The number of hydrogen-bond donors (Lipinski definition) is 9. The van der Waals surface area contributed by atoms with E-state index in [1.165, 1.54) is 26.0 Å². The topological polar surface area (TPSA) is 338 Å². The molecule has 3 aliphatic rings. The molecule has 2 aliphatic carbocycles. The quantitative estimate of drug-likeness (QED) is 0.0523. The maximum absolute atomic E-state index is 14.0. The zero-order chi connectivity index (χ0) is 60.9. The van der Waals surface area contributed by atoms with E-state index in [-0.39, 0.29) is 60.2 Å². The SMILES string of the molecule is CC[C@H](C)[C@@H]([C@@H](CC(N)=O)OC)N(C)C(=O)CNC(=O)[C@H](C(C)C)N(C)C(=O)OC(C)NC(=O)CNC(=O)[C@@H](NN1CCNC(=O)/C=C(\C(=O)O)SC2(CC)C(C)=C(S/C(=C/C(=O)O)C(=O)NCC1)C1CCCCCCCC12)C(C)C. The maximum Gasteiger partial charge on any atom is 0.412 e. The van der Waals surface area contributed by atoms with Gasteiger partial charge in [-0.1, -0.05) is 98.8 Å². The molecule has 0 aromatic carbocycles. The molecule has 1 heterocycles. The van der Waals surface area contributed by atoms with E-state index in [9.17, 15) is 58.2 Å². The molecular weight excluding hydrogens is 1090 g/mol. The number of likely N-dealkylation sites (N-methyl/N-ethyl adjacent to an activating group) is 2. The van der Waals surface area contributed by atoms with Crippen molar-refractivity contribution in [3.05, 3.63) is 32.4 Å². The molecule has 26 heteroatoms. The molecule has 81 heavy (non-hydrogen) atoms. The van der Waals surface area contributed by atoms with Crippen molar-refractivity contribution < 1.29 is 67.6 Å². The molecule has 0 radical (unpaired) electrons. The van der Waals surface area contributed by atoms with Crippen LogP contribution in [0.15, 0.2) is 32.4 Å². The van der Waals surface area contributed by atoms with Crippen molar-refractivity contribution in [2.45, 2.75) is 162 Å². The highest BCUT2D eigenvalue weighted by atomic mass is 32.2. The predicted octanol–water partition coefficient (Wildman–Crippen LogP) is 3.43. The average Bonchev–Trinajstić information content (AvgIpc) is 3.83. The summed E-state index contributed by atoms with van der Waals surface area (Å²) >= 11 is 2.24. The fourth-order valence-electron chi connectivity index (χ4n) is 10.9. The van der Waals surface area contributed by atoms with Gasteiger partial charge in [-0.15, -0.1) is 11.8 Å². The van der Waals surface area contributed by atoms with Gasteiger partial charge in [0.25, 0.3) is 5.91 Å². The molecule has 0 aromatic rings. The molecule has 4 unspecified atom stereocenters. The van der Waals surface area contributed by atoms with Gasteiger partial charge in [0, 0.05) is 64.3 Å². The molecule has 456 valence electrons. The fraction of sp³-hybridized carbons (Fsp3) is 0.709. The van der Waals surface area contributed by atoms with Gasteiger partial charge < -0.3 is 56.9 Å². The fourth-order valence-corrected chi connectivity index (χ4v) is 13.8. The van der Waals surface area contributed by atoms with Crippen LogP contribution < -0.4 is 37.7 Å². The summed E-state index contributed by atoms with van der Waals surface area (Å²) in [5.41, 5.74) is 9.45. The van der Waals surface area contributed by atoms with Crippen LogP contribution in [-0.4, -0.2) is 180 Å². The van der Waals surface area contributed by atoms with Gasteiger partial charge >= 0.3 is 18.0 Å². The molecule has 2 bridgehead atoms. The van der Waals surface area contributed by atoms with Gasteiger partial charge in [0.15, 0.2) is 6.23 Å². The minimum Gasteiger partial charge on any atom is -0.478 e. The van der Waals surface area contributed by atoms with Gasteiger partial charge in [-0.05, 0) is 73.2 Å². The Bertz CT molecular complexity index is 2350. The number of carboxylic acids is 2. The van der Waals surface area contributed by atoms with Crippen LogP contribution in [0.2, 0.25) is 0 Å². The van der Waals surface area contributed by atoms with Crippen molar-refractivity contribution >= 4 is 82.9 Å². The van der Waals surface area contributed by atoms with E-state index in [2.05, 4.69) is 32.0 Å². The Morgan fingerprint density at radius 3 is 2.06 bits per heavy atom. The third-order valence-corrected chi connectivity index (χ3v) is 18.4. The molecule has 3 rings (SSSR count). The molecule has 10 N–H and O–H groups in total. The minimum absolute atomic E-state index is 0.0247. The first kappa shape index (κ1) is 69.6. The lowest BCUT2D eigenvalue weighted by molar-refractivity contribution is -0.139. The summed E-state index contributed by atoms with van der Waals surface area (Å²) in [6.07, 6.45) is 6.66. The standard InChI is InChI=1S/C55H90N10O14S2/c1-13-33(7)48(38(78-12)26-41(56)66)63(10)44(69)30-60-52(74)47(32(5)6)64(11)54(77)79-35(9)61-43(68)29-59-51(73)46(31(3)4)62-65-24-22-57-42(67)27-40(53(75)76)81-55(14-2)34(8)49(36-20-18-16-15-17-19-21-37(36)55)80-39(28-45(70)71)50(72)58-23-25-65/h27-28,31-33,35-38,46-48,62H,13-26,29-30H2,1-12H3,(H2,56,66)(H,57,67)(H,58,72)(H,59,73)(H,60,74)(H,61,68)(H,70,71)(H,75,76)/b39-28+,40-27+/t33-,35?,36?,37?,38+,46-,47-,48-,55?/m0/s1. The maximum atomic E-state index is 14.0. The van der Waals surface area contributed by atoms with E-state index < -0.39 is 120 Å². The second-order valence-corrected chi connectivity index (χ2v) is 24.2. The Morgan fingerprint density at radius 1 is 0.877 bits per heavy atom. The number of carbonyl (C=O) groups is 10. The summed E-state index contributed by atoms with van der Waals surface area (Å²) in [6, 6.07) is -2.64. The summed E-state index contributed by atoms with van der Waals surface area (Å²) in [4.78, 5) is 135. The summed E-state index contributed by atoms with van der Waals surface area (Å²) in [5.74, 6) is -7.97. The van der Waals surface area contributed by atoms with Crippen LogP contribution in [-0.2, 0) is 52.6 Å². The number of nitrogens with one attached hydrogen (secondary N) is 6. The first-order valence-corrected chi connectivity index (χ1v) is 29.7. The van der Waals surface area contributed by atoms with Crippen LogP contribution in [0.1, 0.15) is 127 Å². The molecule has 0 spiro atoms. The summed E-state index contributed by atoms with van der Waals surface area (Å²) in [7, 11) is 4.31. The highest BCUT2D eigenvalue weighted by Crippen LogP contribution is 2.62. The van der Waals surface area contributed by atoms with Crippen LogP contribution in [0.25, 0.3) is 0 Å². The van der Waals surface area contributed by atoms with E-state index >= 15 is 0 Å². The Labute approximate surface area is 485 Å². The van der Waals surface area contributed by atoms with E-state index in [0.29, 0.717) is 12.8 Å². The second kappa shape index (κ2) is 33.4. The number of amides is 8. The number of nitrogens with two attached hydrogens (primary N) is 1. The van der Waals surface area contributed by atoms with E-state index in [4.69, 9.17) is 15.2 Å². The third kappa shape index (κ3) is 20.3. The number of hydrazine groups is 1. The monoisotopic (exact) mass is 1180 g/mol. The Kier molecular flexibility index (Phi) is 28.7. The van der Waals surface area contributed by atoms with E-state index in [1.807, 2.05) is 27.7 Å². The summed E-state index contributed by atoms with van der Waals surface area (Å²) in [5, 5.41) is 35.4. The van der Waals surface area contributed by atoms with Gasteiger partial charge in [0.05, 0.1) is 41.5 Å². The number of hydrogen-bond acceptors (Lipinski definition) is 16. The van der Waals surface area contributed by atoms with E-state index in [1.54, 1.807) is 39.8 Å². The molecular formula is C55H90N10O14S2. The number of allylic oxidation sites excluding steroid dienone is 1. The lowest BCUT2D eigenvalue weighted by Gasteiger charge is -2.38. The molecule has 1 fully saturated rings. The van der Waals surface area contributed by atoms with Gasteiger partial charge in [-0.25, -0.2) is 24.8 Å². The van der Waals surface area contributed by atoms with Crippen molar-refractivity contribution in [2.75, 3.05) is 60.5 Å². The number of methoxy groups -OCH3 is 1. The zero-order valence-electron chi connectivity index (χ0n) is 49.3. The van der Waals surface area contributed by atoms with Crippen LogP contribution in [0.4, 0.5) is 4.79 Å². The number of carboxylic acid groups (broad SMARTS) is 2. The van der Waals surface area contributed by atoms with Gasteiger partial charge in [-0.3, -0.25) is 38.5 Å². The molecule has 1 saturated carbocycles. The Morgan fingerprint density at radius 2 is 1.49 bits per heavy atom. The summed E-state index contributed by atoms with van der Waals surface area (Å²) < 4.78 is 10.2. The smallest absolute Gasteiger partial charge is 0.412 e. The lowest BCUT2D eigenvalue weighted by Crippen LogP contribution is -2.57. The predicted molar refractivity (Wildman–Crippen MR) is 308 cm³/mol. The van der Waals surface area contributed by atoms with Crippen molar-refractivity contribution in [1.29, 1.82) is 0 Å². The number of carbonyl (C=O) groups excluding carboxylic acids is 8. The number of fused-ring (bicyclic) bond motifs is 4. The molecule has 0 aromatic heterocycles. The highest BCUT2D eigenvalue weighted by molar-refractivity contribution is 8.08. The van der Waals surface area contributed by atoms with Crippen LogP contribution in [0.3, 0.4) is 0 Å². The van der Waals surface area contributed by atoms with Crippen LogP contribution in [0, 0.1) is 29.6 Å². The van der Waals surface area contributed by atoms with Crippen molar-refractivity contribution in [2.24, 2.45) is 35.3 Å². The normalized spacial score (nSPS) is 23.2. The highest BCUT2D eigenvalue weighted by Gasteiger charge is 2.52. The molecule has 9 atom stereocenters. The van der Waals surface area contributed by atoms with Crippen LogP contribution in [0.5, 0.6) is 0 Å².